The summed E-state index contributed by atoms with van der Waals surface area (Å²) in [5.41, 5.74) is 2.62. The van der Waals surface area contributed by atoms with Crippen LogP contribution in [0.1, 0.15) is 74.2 Å². The van der Waals surface area contributed by atoms with Crippen LogP contribution in [0.3, 0.4) is 0 Å². The number of rotatable bonds is 10. The number of carboxylic acids is 1. The first kappa shape index (κ1) is 31.4. The fraction of sp³-hybridized carbons (Fsp3) is 0.559. The molecule has 0 aromatic carbocycles. The van der Waals surface area contributed by atoms with Crippen molar-refractivity contribution in [3.8, 4) is 0 Å². The zero-order chi connectivity index (χ0) is 31.7. The van der Waals surface area contributed by atoms with Crippen LogP contribution in [0.15, 0.2) is 34.6 Å². The summed E-state index contributed by atoms with van der Waals surface area (Å²) in [6.07, 6.45) is 10.2. The van der Waals surface area contributed by atoms with Crippen LogP contribution >= 0.6 is 11.3 Å². The summed E-state index contributed by atoms with van der Waals surface area (Å²) < 4.78 is 2.43. The minimum absolute atomic E-state index is 0.00931. The number of hydrogen-bond acceptors (Lipinski definition) is 7. The number of thiazole rings is 1. The molecule has 2 bridgehead atoms. The molecule has 4 saturated heterocycles. The van der Waals surface area contributed by atoms with Crippen LogP contribution in [-0.4, -0.2) is 92.6 Å². The Labute approximate surface area is 268 Å². The lowest BCUT2D eigenvalue weighted by atomic mass is 9.83. The van der Waals surface area contributed by atoms with Crippen molar-refractivity contribution in [3.63, 3.8) is 0 Å². The van der Waals surface area contributed by atoms with Crippen LogP contribution in [-0.2, 0) is 22.4 Å². The Morgan fingerprint density at radius 1 is 1.09 bits per heavy atom. The molecule has 0 aliphatic carbocycles. The molecular formula is C34H45N6O4S+. The van der Waals surface area contributed by atoms with Gasteiger partial charge in [-0.3, -0.25) is 14.0 Å². The summed E-state index contributed by atoms with van der Waals surface area (Å²) >= 11 is 1.68. The van der Waals surface area contributed by atoms with E-state index in [0.717, 1.165) is 71.6 Å². The summed E-state index contributed by atoms with van der Waals surface area (Å²) in [6, 6.07) is 3.87. The molecule has 1 unspecified atom stereocenters. The number of piperazine rings is 1. The van der Waals surface area contributed by atoms with Crippen LogP contribution < -0.4 is 10.5 Å². The van der Waals surface area contributed by atoms with Gasteiger partial charge in [0.1, 0.15) is 11.5 Å². The quantitative estimate of drug-likeness (QED) is 0.263. The van der Waals surface area contributed by atoms with E-state index in [1.165, 1.54) is 29.7 Å². The maximum Gasteiger partial charge on any atom is 0.328 e. The SMILES string of the molecule is CCC(C(=O)N1CCN(c2nc3cc(CCc4nc(C(C)C)cs4)ccn3c(=O)c2C=CC(=O)O)CC1)[N+]12CCC(CC1)CC2. The highest BCUT2D eigenvalue weighted by atomic mass is 32.1. The molecule has 1 N–H and O–H groups in total. The molecule has 10 nitrogen and oxygen atoms in total. The first-order valence-electron chi connectivity index (χ1n) is 16.5. The number of carbonyl (C=O) groups excluding carboxylic acids is 1. The van der Waals surface area contributed by atoms with Crippen LogP contribution in [0, 0.1) is 5.92 Å². The van der Waals surface area contributed by atoms with Crippen molar-refractivity contribution >= 4 is 40.8 Å². The van der Waals surface area contributed by atoms with Gasteiger partial charge in [0.25, 0.3) is 11.5 Å². The topological polar surface area (TPSA) is 108 Å². The molecule has 3 aromatic heterocycles. The number of amides is 1. The summed E-state index contributed by atoms with van der Waals surface area (Å²) in [4.78, 5) is 52.7. The maximum absolute atomic E-state index is 13.9. The molecule has 0 radical (unpaired) electrons. The van der Waals surface area contributed by atoms with Crippen molar-refractivity contribution in [1.82, 2.24) is 19.3 Å². The standard InChI is InChI=1S/C34H44N6O4S/c1-4-28(40-18-10-24(11-19-40)12-20-40)34(44)38-16-14-37(15-17-38)32-26(6-8-31(41)42)33(43)39-13-9-25(21-29(39)36-32)5-7-30-35-27(22-45-30)23(2)3/h6,8-9,13,21-24,28H,4-5,7,10-12,14-20H2,1-3H3/p+1. The first-order chi connectivity index (χ1) is 21.7. The van der Waals surface area contributed by atoms with Gasteiger partial charge in [0, 0.05) is 56.7 Å². The van der Waals surface area contributed by atoms with Crippen molar-refractivity contribution in [2.45, 2.75) is 71.3 Å². The molecule has 7 rings (SSSR count). The number of fused-ring (bicyclic) bond motifs is 4. The van der Waals surface area contributed by atoms with Crippen molar-refractivity contribution in [3.05, 3.63) is 62.0 Å². The number of quaternary nitrogens is 1. The fourth-order valence-corrected chi connectivity index (χ4v) is 8.50. The highest BCUT2D eigenvalue weighted by Gasteiger charge is 2.48. The van der Waals surface area contributed by atoms with Crippen LogP contribution in [0.25, 0.3) is 11.7 Å². The molecule has 4 fully saturated rings. The Morgan fingerprint density at radius 3 is 2.42 bits per heavy atom. The molecule has 3 aromatic rings. The van der Waals surface area contributed by atoms with E-state index in [9.17, 15) is 19.5 Å². The minimum Gasteiger partial charge on any atom is -0.478 e. The molecule has 1 amide bonds. The van der Waals surface area contributed by atoms with E-state index in [2.05, 4.69) is 26.2 Å². The summed E-state index contributed by atoms with van der Waals surface area (Å²) in [5, 5.41) is 12.6. The normalized spacial score (nSPS) is 22.5. The number of aromatic nitrogens is 3. The van der Waals surface area contributed by atoms with Crippen molar-refractivity contribution < 1.29 is 19.2 Å². The highest BCUT2D eigenvalue weighted by Crippen LogP contribution is 2.37. The number of anilines is 1. The third kappa shape index (κ3) is 6.42. The molecule has 11 heteroatoms. The average Bonchev–Trinajstić information content (AvgIpc) is 3.54. The zero-order valence-electron chi connectivity index (χ0n) is 26.7. The number of carboxylic acid groups (broad SMARTS) is 1. The number of carbonyl (C=O) groups is 2. The van der Waals surface area contributed by atoms with E-state index < -0.39 is 5.97 Å². The number of nitrogens with zero attached hydrogens (tertiary/aromatic N) is 6. The highest BCUT2D eigenvalue weighted by molar-refractivity contribution is 7.09. The van der Waals surface area contributed by atoms with Crippen molar-refractivity contribution in [2.75, 3.05) is 50.7 Å². The average molecular weight is 634 g/mol. The molecule has 0 saturated carbocycles. The summed E-state index contributed by atoms with van der Waals surface area (Å²) in [7, 11) is 0. The zero-order valence-corrected chi connectivity index (χ0v) is 27.5. The second-order valence-electron chi connectivity index (χ2n) is 13.3. The van der Waals surface area contributed by atoms with E-state index in [1.807, 2.05) is 21.9 Å². The fourth-order valence-electron chi connectivity index (χ4n) is 7.54. The largest absolute Gasteiger partial charge is 0.478 e. The number of aliphatic carboxylic acids is 1. The molecule has 1 atom stereocenters. The molecule has 240 valence electrons. The molecule has 7 heterocycles. The maximum atomic E-state index is 13.9. The van der Waals surface area contributed by atoms with E-state index in [1.54, 1.807) is 17.5 Å². The predicted molar refractivity (Wildman–Crippen MR) is 177 cm³/mol. The molecule has 4 aliphatic heterocycles. The van der Waals surface area contributed by atoms with Gasteiger partial charge in [-0.15, -0.1) is 11.3 Å². The molecular weight excluding hydrogens is 588 g/mol. The summed E-state index contributed by atoms with van der Waals surface area (Å²) in [6.45, 7) is 11.9. The molecule has 4 aliphatic rings. The molecule has 45 heavy (non-hydrogen) atoms. The van der Waals surface area contributed by atoms with Gasteiger partial charge in [0.2, 0.25) is 0 Å². The van der Waals surface area contributed by atoms with Gasteiger partial charge in [-0.05, 0) is 61.3 Å². The Kier molecular flexibility index (Phi) is 9.10. The first-order valence-corrected chi connectivity index (χ1v) is 17.4. The Bertz CT molecular complexity index is 1630. The Balaban J connectivity index is 1.22. The van der Waals surface area contributed by atoms with Gasteiger partial charge < -0.3 is 19.4 Å². The van der Waals surface area contributed by atoms with E-state index in [0.29, 0.717) is 43.6 Å². The lowest BCUT2D eigenvalue weighted by molar-refractivity contribution is -0.957. The van der Waals surface area contributed by atoms with E-state index >= 15 is 0 Å². The van der Waals surface area contributed by atoms with E-state index in [4.69, 9.17) is 9.97 Å². The van der Waals surface area contributed by atoms with Crippen molar-refractivity contribution in [2.24, 2.45) is 5.92 Å². The Morgan fingerprint density at radius 2 is 1.80 bits per heavy atom. The van der Waals surface area contributed by atoms with Gasteiger partial charge in [0.05, 0.1) is 35.9 Å². The third-order valence-electron chi connectivity index (χ3n) is 10.3. The second-order valence-corrected chi connectivity index (χ2v) is 14.2. The van der Waals surface area contributed by atoms with Crippen LogP contribution in [0.4, 0.5) is 5.82 Å². The Hall–Kier alpha value is -3.57. The third-order valence-corrected chi connectivity index (χ3v) is 11.2. The van der Waals surface area contributed by atoms with Gasteiger partial charge in [-0.25, -0.2) is 14.8 Å². The minimum atomic E-state index is -1.13. The van der Waals surface area contributed by atoms with Gasteiger partial charge >= 0.3 is 5.97 Å². The monoisotopic (exact) mass is 633 g/mol. The van der Waals surface area contributed by atoms with Gasteiger partial charge in [-0.1, -0.05) is 20.8 Å². The lowest BCUT2D eigenvalue weighted by Crippen LogP contribution is -2.68. The number of hydrogen-bond donors (Lipinski definition) is 1. The van der Waals surface area contributed by atoms with Crippen molar-refractivity contribution in [1.29, 1.82) is 0 Å². The van der Waals surface area contributed by atoms with Gasteiger partial charge in [-0.2, -0.15) is 0 Å². The summed E-state index contributed by atoms with van der Waals surface area (Å²) in [5.74, 6) is 0.832. The lowest BCUT2D eigenvalue weighted by Gasteiger charge is -2.53. The van der Waals surface area contributed by atoms with Crippen LogP contribution in [0.5, 0.6) is 0 Å². The second kappa shape index (κ2) is 13.0. The predicted octanol–water partition coefficient (Wildman–Crippen LogP) is 4.22. The number of aryl methyl sites for hydroxylation is 2. The van der Waals surface area contributed by atoms with E-state index in [-0.39, 0.29) is 23.1 Å². The smallest absolute Gasteiger partial charge is 0.328 e. The van der Waals surface area contributed by atoms with Crippen LogP contribution in [0.2, 0.25) is 0 Å². The number of pyridine rings is 1. The van der Waals surface area contributed by atoms with Gasteiger partial charge in [0.15, 0.2) is 6.04 Å². The molecule has 0 spiro atoms. The number of piperidine rings is 3.